The number of rotatable bonds is 7. The maximum atomic E-state index is 12.1. The molecule has 0 radical (unpaired) electrons. The average Bonchev–Trinajstić information content (AvgIpc) is 2.55. The number of sulfonamides is 1. The minimum atomic E-state index is -3.52. The number of carbonyl (C=O) groups excluding carboxylic acids is 1. The zero-order valence-electron chi connectivity index (χ0n) is 12.7. The van der Waals surface area contributed by atoms with Crippen LogP contribution in [-0.4, -0.2) is 33.7 Å². The van der Waals surface area contributed by atoms with Gasteiger partial charge in [-0.25, -0.2) is 8.42 Å². The molecule has 0 fully saturated rings. The predicted octanol–water partition coefficient (Wildman–Crippen LogP) is 1.87. The van der Waals surface area contributed by atoms with E-state index in [2.05, 4.69) is 10.0 Å². The highest BCUT2D eigenvalue weighted by molar-refractivity contribution is 7.92. The number of hydrogen-bond acceptors (Lipinski definition) is 4. The number of anilines is 1. The zero-order chi connectivity index (χ0) is 16.7. The number of para-hydroxylation sites is 2. The Morgan fingerprint density at radius 2 is 1.70 bits per heavy atom. The molecular formula is C16H18N2O4S. The van der Waals surface area contributed by atoms with Crippen molar-refractivity contribution in [1.29, 1.82) is 0 Å². The third-order valence-corrected chi connectivity index (χ3v) is 4.34. The molecule has 0 saturated heterocycles. The molecule has 2 aromatic carbocycles. The summed E-state index contributed by atoms with van der Waals surface area (Å²) < 4.78 is 31.5. The molecule has 122 valence electrons. The Kier molecular flexibility index (Phi) is 5.59. The number of hydrogen-bond donors (Lipinski definition) is 2. The van der Waals surface area contributed by atoms with Gasteiger partial charge in [0.15, 0.2) is 0 Å². The van der Waals surface area contributed by atoms with Crippen molar-refractivity contribution >= 4 is 21.6 Å². The Morgan fingerprint density at radius 3 is 2.39 bits per heavy atom. The van der Waals surface area contributed by atoms with Crippen LogP contribution in [0.25, 0.3) is 0 Å². The minimum absolute atomic E-state index is 0.000944. The molecule has 0 unspecified atom stereocenters. The predicted molar refractivity (Wildman–Crippen MR) is 89.2 cm³/mol. The molecule has 6 nitrogen and oxygen atoms in total. The second-order valence-electron chi connectivity index (χ2n) is 4.74. The molecule has 7 heteroatoms. The van der Waals surface area contributed by atoms with Crippen LogP contribution in [0.15, 0.2) is 54.6 Å². The fourth-order valence-electron chi connectivity index (χ4n) is 1.96. The summed E-state index contributed by atoms with van der Waals surface area (Å²) in [5, 5.41) is 2.58. The van der Waals surface area contributed by atoms with Crippen LogP contribution in [0, 0.1) is 0 Å². The monoisotopic (exact) mass is 334 g/mol. The molecular weight excluding hydrogens is 316 g/mol. The van der Waals surface area contributed by atoms with Gasteiger partial charge in [-0.3, -0.25) is 9.52 Å². The Labute approximate surface area is 135 Å². The minimum Gasteiger partial charge on any atom is -0.496 e. The topological polar surface area (TPSA) is 84.5 Å². The standard InChI is InChI=1S/C16H18N2O4S/c1-22-15-10-6-5-9-14(15)16(19)17-11-12-23(20,21)18-13-7-3-2-4-8-13/h2-10,18H,11-12H2,1H3,(H,17,19). The van der Waals surface area contributed by atoms with Gasteiger partial charge in [0.25, 0.3) is 5.91 Å². The molecule has 2 aromatic rings. The first-order valence-corrected chi connectivity index (χ1v) is 8.64. The molecule has 0 bridgehead atoms. The third-order valence-electron chi connectivity index (χ3n) is 3.06. The number of nitrogens with one attached hydrogen (secondary N) is 2. The van der Waals surface area contributed by atoms with Crippen LogP contribution in [-0.2, 0) is 10.0 Å². The SMILES string of the molecule is COc1ccccc1C(=O)NCCS(=O)(=O)Nc1ccccc1. The quantitative estimate of drug-likeness (QED) is 0.809. The van der Waals surface area contributed by atoms with Crippen LogP contribution in [0.5, 0.6) is 5.75 Å². The van der Waals surface area contributed by atoms with E-state index in [1.807, 2.05) is 0 Å². The van der Waals surface area contributed by atoms with Gasteiger partial charge in [-0.05, 0) is 24.3 Å². The highest BCUT2D eigenvalue weighted by Crippen LogP contribution is 2.16. The van der Waals surface area contributed by atoms with Crippen molar-refractivity contribution in [2.45, 2.75) is 0 Å². The van der Waals surface area contributed by atoms with Crippen LogP contribution < -0.4 is 14.8 Å². The highest BCUT2D eigenvalue weighted by Gasteiger charge is 2.14. The van der Waals surface area contributed by atoms with E-state index in [1.54, 1.807) is 54.6 Å². The van der Waals surface area contributed by atoms with E-state index in [4.69, 9.17) is 4.74 Å². The van der Waals surface area contributed by atoms with Crippen molar-refractivity contribution in [3.05, 3.63) is 60.2 Å². The average molecular weight is 334 g/mol. The molecule has 0 saturated carbocycles. The van der Waals surface area contributed by atoms with Gasteiger partial charge in [0.1, 0.15) is 5.75 Å². The van der Waals surface area contributed by atoms with Gasteiger partial charge >= 0.3 is 0 Å². The zero-order valence-corrected chi connectivity index (χ0v) is 13.5. The van der Waals surface area contributed by atoms with E-state index in [9.17, 15) is 13.2 Å². The van der Waals surface area contributed by atoms with Crippen LogP contribution in [0.3, 0.4) is 0 Å². The van der Waals surface area contributed by atoms with E-state index in [-0.39, 0.29) is 18.2 Å². The number of ether oxygens (including phenoxy) is 1. The van der Waals surface area contributed by atoms with E-state index < -0.39 is 10.0 Å². The Hall–Kier alpha value is -2.54. The molecule has 0 aliphatic rings. The second-order valence-corrected chi connectivity index (χ2v) is 6.59. The maximum absolute atomic E-state index is 12.1. The number of carbonyl (C=O) groups is 1. The van der Waals surface area contributed by atoms with E-state index in [1.165, 1.54) is 7.11 Å². The van der Waals surface area contributed by atoms with Crippen molar-refractivity contribution in [1.82, 2.24) is 5.32 Å². The first kappa shape index (κ1) is 16.8. The smallest absolute Gasteiger partial charge is 0.255 e. The van der Waals surface area contributed by atoms with Gasteiger partial charge in [-0.15, -0.1) is 0 Å². The number of amides is 1. The lowest BCUT2D eigenvalue weighted by Gasteiger charge is -2.10. The van der Waals surface area contributed by atoms with Crippen LogP contribution in [0.2, 0.25) is 0 Å². The summed E-state index contributed by atoms with van der Waals surface area (Å²) in [5.74, 6) is -0.157. The van der Waals surface area contributed by atoms with E-state index in [0.29, 0.717) is 17.0 Å². The molecule has 23 heavy (non-hydrogen) atoms. The summed E-state index contributed by atoms with van der Waals surface area (Å²) in [6.07, 6.45) is 0. The third kappa shape index (κ3) is 5.00. The summed E-state index contributed by atoms with van der Waals surface area (Å²) in [4.78, 5) is 12.1. The fourth-order valence-corrected chi connectivity index (χ4v) is 2.93. The molecule has 0 heterocycles. The largest absolute Gasteiger partial charge is 0.496 e. The maximum Gasteiger partial charge on any atom is 0.255 e. The Balaban J connectivity index is 1.90. The lowest BCUT2D eigenvalue weighted by Crippen LogP contribution is -2.31. The van der Waals surface area contributed by atoms with Crippen LogP contribution in [0.4, 0.5) is 5.69 Å². The summed E-state index contributed by atoms with van der Waals surface area (Å²) >= 11 is 0. The second kappa shape index (κ2) is 7.64. The normalized spacial score (nSPS) is 10.8. The van der Waals surface area contributed by atoms with Crippen LogP contribution in [0.1, 0.15) is 10.4 Å². The van der Waals surface area contributed by atoms with Gasteiger partial charge in [-0.1, -0.05) is 30.3 Å². The van der Waals surface area contributed by atoms with Gasteiger partial charge < -0.3 is 10.1 Å². The van der Waals surface area contributed by atoms with Crippen molar-refractivity contribution in [2.24, 2.45) is 0 Å². The van der Waals surface area contributed by atoms with Gasteiger partial charge in [0.05, 0.1) is 18.4 Å². The summed E-state index contributed by atoms with van der Waals surface area (Å²) in [6, 6.07) is 15.3. The molecule has 2 rings (SSSR count). The molecule has 0 aliphatic heterocycles. The summed E-state index contributed by atoms with van der Waals surface area (Å²) in [7, 11) is -2.05. The fraction of sp³-hybridized carbons (Fsp3) is 0.188. The molecule has 0 aliphatic carbocycles. The summed E-state index contributed by atoms with van der Waals surface area (Å²) in [6.45, 7) is -0.000944. The van der Waals surface area contributed by atoms with E-state index >= 15 is 0 Å². The van der Waals surface area contributed by atoms with Crippen LogP contribution >= 0.6 is 0 Å². The lowest BCUT2D eigenvalue weighted by atomic mass is 10.2. The first-order valence-electron chi connectivity index (χ1n) is 6.98. The van der Waals surface area contributed by atoms with E-state index in [0.717, 1.165) is 0 Å². The van der Waals surface area contributed by atoms with Crippen molar-refractivity contribution in [3.63, 3.8) is 0 Å². The molecule has 1 amide bonds. The van der Waals surface area contributed by atoms with Crippen molar-refractivity contribution in [3.8, 4) is 5.75 Å². The molecule has 0 spiro atoms. The molecule has 0 aromatic heterocycles. The molecule has 2 N–H and O–H groups in total. The molecule has 0 atom stereocenters. The number of methoxy groups -OCH3 is 1. The van der Waals surface area contributed by atoms with Crippen molar-refractivity contribution < 1.29 is 17.9 Å². The highest BCUT2D eigenvalue weighted by atomic mass is 32.2. The Morgan fingerprint density at radius 1 is 1.04 bits per heavy atom. The van der Waals surface area contributed by atoms with Gasteiger partial charge in [0, 0.05) is 12.2 Å². The first-order chi connectivity index (χ1) is 11.0. The van der Waals surface area contributed by atoms with Gasteiger partial charge in [-0.2, -0.15) is 0 Å². The van der Waals surface area contributed by atoms with Gasteiger partial charge in [0.2, 0.25) is 10.0 Å². The lowest BCUT2D eigenvalue weighted by molar-refractivity contribution is 0.0953. The number of benzene rings is 2. The summed E-state index contributed by atoms with van der Waals surface area (Å²) in [5.41, 5.74) is 0.854. The van der Waals surface area contributed by atoms with Crippen molar-refractivity contribution in [2.75, 3.05) is 24.1 Å². The Bertz CT molecular complexity index is 761.